The Morgan fingerprint density at radius 3 is 2.93 bits per heavy atom. The summed E-state index contributed by atoms with van der Waals surface area (Å²) in [7, 11) is 2.03. The summed E-state index contributed by atoms with van der Waals surface area (Å²) in [5.74, 6) is 6.29. The Morgan fingerprint density at radius 1 is 1.43 bits per heavy atom. The van der Waals surface area contributed by atoms with Gasteiger partial charge in [-0.25, -0.2) is 4.98 Å². The number of nitrogens with one attached hydrogen (secondary N) is 1. The van der Waals surface area contributed by atoms with Crippen LogP contribution in [-0.4, -0.2) is 16.1 Å². The lowest BCUT2D eigenvalue weighted by molar-refractivity contribution is 0.687. The molecule has 0 aliphatic rings. The number of imidazole rings is 1. The zero-order chi connectivity index (χ0) is 9.97. The van der Waals surface area contributed by atoms with E-state index in [9.17, 15) is 0 Å². The predicted octanol–water partition coefficient (Wildman–Crippen LogP) is 0.579. The molecule has 0 saturated heterocycles. The van der Waals surface area contributed by atoms with E-state index in [2.05, 4.69) is 21.0 Å². The molecule has 0 bridgehead atoms. The number of hydrazine groups is 1. The quantitative estimate of drug-likeness (QED) is 0.550. The Kier molecular flexibility index (Phi) is 2.47. The van der Waals surface area contributed by atoms with Crippen LogP contribution < -0.4 is 11.3 Å². The molecule has 3 N–H and O–H groups in total. The van der Waals surface area contributed by atoms with Crippen molar-refractivity contribution in [3.05, 3.63) is 30.1 Å². The maximum Gasteiger partial charge on any atom is 0.110 e. The summed E-state index contributed by atoms with van der Waals surface area (Å²) >= 11 is 0. The van der Waals surface area contributed by atoms with Gasteiger partial charge in [0, 0.05) is 20.0 Å². The topological polar surface area (TPSA) is 55.9 Å². The molecule has 0 atom stereocenters. The molecule has 14 heavy (non-hydrogen) atoms. The minimum atomic E-state index is 0.747. The fourth-order valence-corrected chi connectivity index (χ4v) is 1.60. The van der Waals surface area contributed by atoms with Gasteiger partial charge >= 0.3 is 0 Å². The van der Waals surface area contributed by atoms with E-state index in [0.717, 1.165) is 24.3 Å². The highest BCUT2D eigenvalue weighted by molar-refractivity contribution is 5.75. The van der Waals surface area contributed by atoms with Crippen LogP contribution in [0.3, 0.4) is 0 Å². The molecule has 2 aromatic rings. The zero-order valence-electron chi connectivity index (χ0n) is 8.20. The van der Waals surface area contributed by atoms with Crippen molar-refractivity contribution in [2.75, 3.05) is 6.54 Å². The third kappa shape index (κ3) is 1.49. The summed E-state index contributed by atoms with van der Waals surface area (Å²) in [6.45, 7) is 0.747. The number of nitrogens with zero attached hydrogens (tertiary/aromatic N) is 2. The van der Waals surface area contributed by atoms with Crippen LogP contribution in [0.4, 0.5) is 0 Å². The second kappa shape index (κ2) is 3.77. The molecule has 2 rings (SSSR count). The molecule has 0 aliphatic heterocycles. The molecule has 74 valence electrons. The third-order valence-corrected chi connectivity index (χ3v) is 2.37. The highest BCUT2D eigenvalue weighted by Gasteiger charge is 2.05. The molecule has 1 heterocycles. The van der Waals surface area contributed by atoms with E-state index in [1.165, 1.54) is 5.52 Å². The standard InChI is InChI=1S/C10H14N4/c1-14-9-5-3-2-4-8(9)13-10(14)6-7-12-11/h2-5,12H,6-7,11H2,1H3. The van der Waals surface area contributed by atoms with E-state index in [1.807, 2.05) is 25.2 Å². The number of nitrogens with two attached hydrogens (primary N) is 1. The van der Waals surface area contributed by atoms with Crippen molar-refractivity contribution in [3.63, 3.8) is 0 Å². The van der Waals surface area contributed by atoms with Crippen LogP contribution in [0, 0.1) is 0 Å². The minimum absolute atomic E-state index is 0.747. The van der Waals surface area contributed by atoms with Crippen molar-refractivity contribution in [3.8, 4) is 0 Å². The molecule has 0 fully saturated rings. The number of hydrogen-bond donors (Lipinski definition) is 2. The van der Waals surface area contributed by atoms with Gasteiger partial charge in [-0.2, -0.15) is 0 Å². The zero-order valence-corrected chi connectivity index (χ0v) is 8.20. The van der Waals surface area contributed by atoms with E-state index in [1.54, 1.807) is 0 Å². The van der Waals surface area contributed by atoms with Gasteiger partial charge in [-0.1, -0.05) is 12.1 Å². The third-order valence-electron chi connectivity index (χ3n) is 2.37. The van der Waals surface area contributed by atoms with Gasteiger partial charge in [0.1, 0.15) is 5.82 Å². The molecule has 0 unspecified atom stereocenters. The number of para-hydroxylation sites is 2. The van der Waals surface area contributed by atoms with E-state index in [4.69, 9.17) is 5.84 Å². The second-order valence-corrected chi connectivity index (χ2v) is 3.28. The van der Waals surface area contributed by atoms with Gasteiger partial charge in [0.25, 0.3) is 0 Å². The van der Waals surface area contributed by atoms with Crippen LogP contribution in [0.5, 0.6) is 0 Å². The molecule has 4 heteroatoms. The maximum atomic E-state index is 5.23. The molecule has 1 aromatic carbocycles. The van der Waals surface area contributed by atoms with E-state index < -0.39 is 0 Å². The van der Waals surface area contributed by atoms with Crippen LogP contribution in [0.1, 0.15) is 5.82 Å². The molecule has 1 aromatic heterocycles. The lowest BCUT2D eigenvalue weighted by Crippen LogP contribution is -2.25. The lowest BCUT2D eigenvalue weighted by atomic mass is 10.3. The van der Waals surface area contributed by atoms with Gasteiger partial charge in [0.2, 0.25) is 0 Å². The van der Waals surface area contributed by atoms with Crippen LogP contribution in [0.15, 0.2) is 24.3 Å². The number of benzene rings is 1. The average molecular weight is 190 g/mol. The first-order chi connectivity index (χ1) is 6.83. The van der Waals surface area contributed by atoms with Crippen molar-refractivity contribution >= 4 is 11.0 Å². The Morgan fingerprint density at radius 2 is 2.21 bits per heavy atom. The maximum absolute atomic E-state index is 5.23. The predicted molar refractivity (Wildman–Crippen MR) is 56.6 cm³/mol. The summed E-state index contributed by atoms with van der Waals surface area (Å²) in [4.78, 5) is 4.52. The Balaban J connectivity index is 2.41. The largest absolute Gasteiger partial charge is 0.331 e. The molecule has 0 saturated carbocycles. The summed E-state index contributed by atoms with van der Waals surface area (Å²) in [5, 5.41) is 0. The van der Waals surface area contributed by atoms with Gasteiger partial charge in [-0.15, -0.1) is 0 Å². The monoisotopic (exact) mass is 190 g/mol. The van der Waals surface area contributed by atoms with E-state index in [0.29, 0.717) is 0 Å². The Labute approximate surface area is 82.7 Å². The molecule has 0 aliphatic carbocycles. The number of hydrogen-bond acceptors (Lipinski definition) is 3. The van der Waals surface area contributed by atoms with Crippen molar-refractivity contribution < 1.29 is 0 Å². The highest BCUT2D eigenvalue weighted by atomic mass is 15.2. The normalized spacial score (nSPS) is 11.0. The molecule has 0 spiro atoms. The smallest absolute Gasteiger partial charge is 0.110 e. The molecule has 0 radical (unpaired) electrons. The summed E-state index contributed by atoms with van der Waals surface area (Å²) in [6.07, 6.45) is 0.849. The fraction of sp³-hybridized carbons (Fsp3) is 0.300. The first kappa shape index (κ1) is 9.18. The highest BCUT2D eigenvalue weighted by Crippen LogP contribution is 2.13. The van der Waals surface area contributed by atoms with Crippen molar-refractivity contribution in [2.24, 2.45) is 12.9 Å². The molecular formula is C10H14N4. The van der Waals surface area contributed by atoms with Crippen LogP contribution in [0.25, 0.3) is 11.0 Å². The molecule has 4 nitrogen and oxygen atoms in total. The van der Waals surface area contributed by atoms with Crippen molar-refractivity contribution in [1.29, 1.82) is 0 Å². The first-order valence-electron chi connectivity index (χ1n) is 4.66. The summed E-state index contributed by atoms with van der Waals surface area (Å²) in [5.41, 5.74) is 4.84. The van der Waals surface area contributed by atoms with Gasteiger partial charge in [0.15, 0.2) is 0 Å². The van der Waals surface area contributed by atoms with E-state index in [-0.39, 0.29) is 0 Å². The number of aromatic nitrogens is 2. The lowest BCUT2D eigenvalue weighted by Gasteiger charge is -2.00. The van der Waals surface area contributed by atoms with Crippen LogP contribution >= 0.6 is 0 Å². The van der Waals surface area contributed by atoms with Crippen LogP contribution in [0.2, 0.25) is 0 Å². The number of rotatable bonds is 3. The SMILES string of the molecule is Cn1c(CCNN)nc2ccccc21. The Bertz CT molecular complexity index is 433. The van der Waals surface area contributed by atoms with Gasteiger partial charge in [-0.05, 0) is 12.1 Å². The van der Waals surface area contributed by atoms with E-state index >= 15 is 0 Å². The Hall–Kier alpha value is -1.39. The van der Waals surface area contributed by atoms with Gasteiger partial charge in [0.05, 0.1) is 11.0 Å². The second-order valence-electron chi connectivity index (χ2n) is 3.28. The number of aryl methyl sites for hydroxylation is 1. The first-order valence-corrected chi connectivity index (χ1v) is 4.66. The average Bonchev–Trinajstić information content (AvgIpc) is 2.54. The number of fused-ring (bicyclic) bond motifs is 1. The minimum Gasteiger partial charge on any atom is -0.331 e. The van der Waals surface area contributed by atoms with Crippen molar-refractivity contribution in [1.82, 2.24) is 15.0 Å². The summed E-state index contributed by atoms with van der Waals surface area (Å²) in [6, 6.07) is 8.12. The van der Waals surface area contributed by atoms with Gasteiger partial charge < -0.3 is 4.57 Å². The fourth-order valence-electron chi connectivity index (χ4n) is 1.60. The van der Waals surface area contributed by atoms with Gasteiger partial charge in [-0.3, -0.25) is 11.3 Å². The van der Waals surface area contributed by atoms with Crippen LogP contribution in [-0.2, 0) is 13.5 Å². The van der Waals surface area contributed by atoms with Crippen molar-refractivity contribution in [2.45, 2.75) is 6.42 Å². The molecule has 0 amide bonds. The molecular weight excluding hydrogens is 176 g/mol. The summed E-state index contributed by atoms with van der Waals surface area (Å²) < 4.78 is 2.10.